The van der Waals surface area contributed by atoms with Crippen LogP contribution >= 0.6 is 0 Å². The first kappa shape index (κ1) is 10.1. The van der Waals surface area contributed by atoms with Crippen LogP contribution in [0.1, 0.15) is 0 Å². The maximum Gasteiger partial charge on any atom is 0.263 e. The van der Waals surface area contributed by atoms with E-state index in [0.717, 1.165) is 0 Å². The van der Waals surface area contributed by atoms with Gasteiger partial charge in [-0.15, -0.1) is 8.78 Å². The highest BCUT2D eigenvalue weighted by molar-refractivity contribution is 4.74. The van der Waals surface area contributed by atoms with Crippen LogP contribution < -0.4 is 0 Å². The molecule has 0 aliphatic rings. The molecule has 0 bridgehead atoms. The minimum atomic E-state index is -1.83. The minimum absolute atomic E-state index is 0.514. The lowest BCUT2D eigenvalue weighted by Gasteiger charge is -1.54. The van der Waals surface area contributed by atoms with E-state index < -0.39 is 6.08 Å². The fourth-order valence-electron chi connectivity index (χ4n) is 0. The lowest BCUT2D eigenvalue weighted by molar-refractivity contribution is 0.426. The Morgan fingerprint density at radius 1 is 1.12 bits per heavy atom. The number of halogens is 4. The summed E-state index contributed by atoms with van der Waals surface area (Å²) in [5.41, 5.74) is 0. The summed E-state index contributed by atoms with van der Waals surface area (Å²) in [4.78, 5) is 0. The first-order chi connectivity index (χ1) is 3.65. The fourth-order valence-corrected chi connectivity index (χ4v) is 0. The topological polar surface area (TPSA) is 0 Å². The number of hydrogen-bond donors (Lipinski definition) is 0. The van der Waals surface area contributed by atoms with Gasteiger partial charge in [-0.2, -0.15) is 8.78 Å². The molecule has 0 nitrogen and oxygen atoms in total. The van der Waals surface area contributed by atoms with Gasteiger partial charge in [-0.1, -0.05) is 0 Å². The molecule has 0 saturated carbocycles. The summed E-state index contributed by atoms with van der Waals surface area (Å²) in [6.45, 7) is 2.22. The standard InChI is InChI=1S/C2H2F2.C2F2/c1-2(3)4;3-1-2-4/h1H2;. The molecule has 0 N–H and O–H groups in total. The van der Waals surface area contributed by atoms with Crippen LogP contribution in [0.4, 0.5) is 17.6 Å². The van der Waals surface area contributed by atoms with Crippen molar-refractivity contribution >= 4 is 0 Å². The Labute approximate surface area is 43.8 Å². The van der Waals surface area contributed by atoms with E-state index in [4.69, 9.17) is 0 Å². The van der Waals surface area contributed by atoms with Crippen molar-refractivity contribution in [2.75, 3.05) is 0 Å². The Morgan fingerprint density at radius 2 is 1.25 bits per heavy atom. The van der Waals surface area contributed by atoms with E-state index in [9.17, 15) is 17.6 Å². The molecule has 8 heavy (non-hydrogen) atoms. The van der Waals surface area contributed by atoms with Crippen molar-refractivity contribution in [1.29, 1.82) is 0 Å². The molecule has 0 aliphatic heterocycles. The van der Waals surface area contributed by atoms with Gasteiger partial charge < -0.3 is 0 Å². The van der Waals surface area contributed by atoms with Crippen LogP contribution in [0.3, 0.4) is 0 Å². The third kappa shape index (κ3) is 203000. The Balaban J connectivity index is 0. The molecule has 0 radical (unpaired) electrons. The van der Waals surface area contributed by atoms with Crippen molar-refractivity contribution in [3.63, 3.8) is 0 Å². The van der Waals surface area contributed by atoms with E-state index in [0.29, 0.717) is 12.3 Å². The van der Waals surface area contributed by atoms with Crippen LogP contribution in [0.5, 0.6) is 0 Å². The summed E-state index contributed by atoms with van der Waals surface area (Å²) in [7, 11) is 0. The molecule has 0 aliphatic carbocycles. The highest BCUT2D eigenvalue weighted by atomic mass is 19.3. The molecule has 46 valence electrons. The largest absolute Gasteiger partial charge is 0.263 e. The quantitative estimate of drug-likeness (QED) is 0.345. The number of hydrogen-bond acceptors (Lipinski definition) is 0. The molecule has 0 saturated heterocycles. The van der Waals surface area contributed by atoms with Gasteiger partial charge in [0.05, 0.1) is 0 Å². The summed E-state index contributed by atoms with van der Waals surface area (Å²) >= 11 is 0. The zero-order valence-electron chi connectivity index (χ0n) is 3.72. The van der Waals surface area contributed by atoms with Crippen molar-refractivity contribution in [3.05, 3.63) is 12.7 Å². The van der Waals surface area contributed by atoms with Gasteiger partial charge in [0, 0.05) is 0 Å². The van der Waals surface area contributed by atoms with Crippen molar-refractivity contribution in [3.8, 4) is 12.3 Å². The van der Waals surface area contributed by atoms with Crippen LogP contribution in [0.25, 0.3) is 0 Å². The zero-order valence-corrected chi connectivity index (χ0v) is 3.72. The molecule has 0 atom stereocenters. The Hall–Kier alpha value is -0.980. The lowest BCUT2D eigenvalue weighted by atomic mass is 11.2. The average molecular weight is 126 g/mol. The second-order valence-corrected chi connectivity index (χ2v) is 0.528. The SMILES string of the molecule is C=C(F)F.FC#CF. The average Bonchev–Trinajstić information content (AvgIpc) is 1.65. The van der Waals surface area contributed by atoms with Gasteiger partial charge in [-0.25, -0.2) is 0 Å². The predicted octanol–water partition coefficient (Wildman–Crippen LogP) is 2.24. The number of rotatable bonds is 0. The molecule has 0 amide bonds. The first-order valence-corrected chi connectivity index (χ1v) is 1.36. The van der Waals surface area contributed by atoms with E-state index in [2.05, 4.69) is 6.58 Å². The van der Waals surface area contributed by atoms with Crippen molar-refractivity contribution < 1.29 is 17.6 Å². The summed E-state index contributed by atoms with van der Waals surface area (Å²) in [5.74, 6) is 0. The highest BCUT2D eigenvalue weighted by Crippen LogP contribution is 1.85. The molecule has 0 aromatic heterocycles. The van der Waals surface area contributed by atoms with Gasteiger partial charge in [0.1, 0.15) is 12.3 Å². The van der Waals surface area contributed by atoms with Crippen LogP contribution in [0.15, 0.2) is 12.7 Å². The van der Waals surface area contributed by atoms with Gasteiger partial charge in [0.15, 0.2) is 0 Å². The highest BCUT2D eigenvalue weighted by Gasteiger charge is 1.65. The predicted molar refractivity (Wildman–Crippen MR) is 21.3 cm³/mol. The maximum absolute atomic E-state index is 10.1. The molecule has 0 unspecified atom stereocenters. The molecule has 4 heteroatoms. The molecule has 0 aromatic rings. The van der Waals surface area contributed by atoms with E-state index in [1.54, 1.807) is 0 Å². The molecular formula is C4H2F4. The molecular weight excluding hydrogens is 124 g/mol. The molecule has 0 spiro atoms. The van der Waals surface area contributed by atoms with Crippen LogP contribution in [0.2, 0.25) is 0 Å². The second kappa shape index (κ2) is 9.39. The van der Waals surface area contributed by atoms with E-state index >= 15 is 0 Å². The summed E-state index contributed by atoms with van der Waals surface area (Å²) in [6, 6.07) is 0. The minimum Gasteiger partial charge on any atom is -0.174 e. The van der Waals surface area contributed by atoms with Gasteiger partial charge in [-0.3, -0.25) is 0 Å². The van der Waals surface area contributed by atoms with E-state index in [1.165, 1.54) is 0 Å². The van der Waals surface area contributed by atoms with Crippen molar-refractivity contribution in [1.82, 2.24) is 0 Å². The molecule has 0 heterocycles. The van der Waals surface area contributed by atoms with E-state index in [1.807, 2.05) is 0 Å². The third-order valence-corrected chi connectivity index (χ3v) is 0.0357. The Morgan fingerprint density at radius 3 is 1.25 bits per heavy atom. The first-order valence-electron chi connectivity index (χ1n) is 1.36. The zero-order chi connectivity index (χ0) is 6.99. The van der Waals surface area contributed by atoms with Crippen LogP contribution in [-0.4, -0.2) is 0 Å². The molecule has 0 fully saturated rings. The van der Waals surface area contributed by atoms with Crippen molar-refractivity contribution in [2.24, 2.45) is 0 Å². The Bertz CT molecular complexity index is 96.9. The van der Waals surface area contributed by atoms with E-state index in [-0.39, 0.29) is 0 Å². The van der Waals surface area contributed by atoms with Crippen molar-refractivity contribution in [2.45, 2.75) is 0 Å². The van der Waals surface area contributed by atoms with Gasteiger partial charge in [0.25, 0.3) is 6.08 Å². The van der Waals surface area contributed by atoms with Crippen LogP contribution in [0, 0.1) is 12.3 Å². The summed E-state index contributed by atoms with van der Waals surface area (Å²) < 4.78 is 40.2. The fraction of sp³-hybridized carbons (Fsp3) is 0. The lowest BCUT2D eigenvalue weighted by Crippen LogP contribution is -1.33. The summed E-state index contributed by atoms with van der Waals surface area (Å²) in [6.07, 6.45) is -0.806. The molecule has 0 aromatic carbocycles. The second-order valence-electron chi connectivity index (χ2n) is 0.528. The van der Waals surface area contributed by atoms with Gasteiger partial charge in [0.2, 0.25) is 0 Å². The van der Waals surface area contributed by atoms with Crippen LogP contribution in [-0.2, 0) is 0 Å². The van der Waals surface area contributed by atoms with Gasteiger partial charge in [-0.05, 0) is 6.58 Å². The Kier molecular flexibility index (Phi) is 11.8. The summed E-state index contributed by atoms with van der Waals surface area (Å²) in [5, 5.41) is 0. The molecule has 0 rings (SSSR count). The normalized spacial score (nSPS) is 5.00. The third-order valence-electron chi connectivity index (χ3n) is 0.0357. The van der Waals surface area contributed by atoms with Gasteiger partial charge >= 0.3 is 0 Å². The smallest absolute Gasteiger partial charge is 0.174 e. The monoisotopic (exact) mass is 126 g/mol. The maximum atomic E-state index is 10.1.